The molecule has 2 heterocycles. The molecular formula is C9H10N6S. The molecule has 2 aromatic heterocycles. The Hall–Kier alpha value is -1.63. The van der Waals surface area contributed by atoms with Gasteiger partial charge in [0.2, 0.25) is 5.16 Å². The predicted molar refractivity (Wildman–Crippen MR) is 58.9 cm³/mol. The van der Waals surface area contributed by atoms with Gasteiger partial charge in [0.25, 0.3) is 0 Å². The van der Waals surface area contributed by atoms with Gasteiger partial charge < -0.3 is 5.73 Å². The van der Waals surface area contributed by atoms with Gasteiger partial charge in [0, 0.05) is 0 Å². The third kappa shape index (κ3) is 1.85. The third-order valence-corrected chi connectivity index (χ3v) is 3.18. The molecule has 0 spiro atoms. The second-order valence-corrected chi connectivity index (χ2v) is 4.63. The number of anilines is 1. The summed E-state index contributed by atoms with van der Waals surface area (Å²) in [6.45, 7) is 0. The third-order valence-electron chi connectivity index (χ3n) is 2.30. The number of nitrogen functional groups attached to an aromatic ring is 1. The van der Waals surface area contributed by atoms with Crippen LogP contribution in [0, 0.1) is 0 Å². The minimum Gasteiger partial charge on any atom is -0.384 e. The summed E-state index contributed by atoms with van der Waals surface area (Å²) in [6, 6.07) is 6.00. The molecule has 0 atom stereocenters. The van der Waals surface area contributed by atoms with E-state index in [2.05, 4.69) is 20.5 Å². The van der Waals surface area contributed by atoms with E-state index in [-0.39, 0.29) is 0 Å². The Bertz CT molecular complexity index is 506. The number of rotatable bonds is 3. The van der Waals surface area contributed by atoms with Crippen LogP contribution < -0.4 is 5.73 Å². The Morgan fingerprint density at radius 1 is 1.38 bits per heavy atom. The quantitative estimate of drug-likeness (QED) is 0.857. The molecule has 0 saturated heterocycles. The van der Waals surface area contributed by atoms with E-state index < -0.39 is 0 Å². The van der Waals surface area contributed by atoms with Crippen LogP contribution in [0.3, 0.4) is 0 Å². The average Bonchev–Trinajstić information content (AvgIpc) is 3.00. The van der Waals surface area contributed by atoms with Gasteiger partial charge in [0.1, 0.15) is 10.8 Å². The zero-order chi connectivity index (χ0) is 11.0. The van der Waals surface area contributed by atoms with Crippen molar-refractivity contribution in [3.63, 3.8) is 0 Å². The molecule has 2 aromatic rings. The van der Waals surface area contributed by atoms with Crippen LogP contribution in [0.15, 0.2) is 28.4 Å². The highest BCUT2D eigenvalue weighted by Crippen LogP contribution is 2.37. The van der Waals surface area contributed by atoms with Crippen LogP contribution >= 0.6 is 11.8 Å². The van der Waals surface area contributed by atoms with Crippen LogP contribution in [-0.2, 0) is 0 Å². The molecule has 6 nitrogen and oxygen atoms in total. The summed E-state index contributed by atoms with van der Waals surface area (Å²) in [7, 11) is 0. The van der Waals surface area contributed by atoms with Crippen molar-refractivity contribution in [2.45, 2.75) is 29.1 Å². The number of hydrogen-bond donors (Lipinski definition) is 1. The minimum atomic E-state index is 0.471. The van der Waals surface area contributed by atoms with Crippen molar-refractivity contribution in [1.29, 1.82) is 0 Å². The SMILES string of the molecule is Nc1cccc(Sc2nnnn2C2CC2)n1. The Labute approximate surface area is 96.2 Å². The maximum atomic E-state index is 5.61. The van der Waals surface area contributed by atoms with E-state index in [1.54, 1.807) is 6.07 Å². The lowest BCUT2D eigenvalue weighted by Crippen LogP contribution is -1.99. The van der Waals surface area contributed by atoms with E-state index in [9.17, 15) is 0 Å². The van der Waals surface area contributed by atoms with Gasteiger partial charge in [0.05, 0.1) is 6.04 Å². The summed E-state index contributed by atoms with van der Waals surface area (Å²) in [5.74, 6) is 0.510. The van der Waals surface area contributed by atoms with Gasteiger partial charge in [-0.05, 0) is 47.2 Å². The second-order valence-electron chi connectivity index (χ2n) is 3.64. The smallest absolute Gasteiger partial charge is 0.215 e. The standard InChI is InChI=1S/C9H10N6S/c10-7-2-1-3-8(11-7)16-9-12-13-14-15(9)6-4-5-6/h1-3,6H,4-5H2,(H2,10,11). The number of nitrogens with zero attached hydrogens (tertiary/aromatic N) is 5. The molecule has 0 bridgehead atoms. The van der Waals surface area contributed by atoms with Gasteiger partial charge in [-0.15, -0.1) is 5.10 Å². The van der Waals surface area contributed by atoms with E-state index in [1.165, 1.54) is 11.8 Å². The van der Waals surface area contributed by atoms with E-state index in [0.29, 0.717) is 11.9 Å². The molecular weight excluding hydrogens is 224 g/mol. The monoisotopic (exact) mass is 234 g/mol. The van der Waals surface area contributed by atoms with E-state index in [0.717, 1.165) is 23.0 Å². The maximum absolute atomic E-state index is 5.61. The summed E-state index contributed by atoms with van der Waals surface area (Å²) >= 11 is 1.44. The normalized spacial score (nSPS) is 15.2. The molecule has 0 radical (unpaired) electrons. The highest BCUT2D eigenvalue weighted by molar-refractivity contribution is 7.99. The van der Waals surface area contributed by atoms with Gasteiger partial charge in [0.15, 0.2) is 0 Å². The lowest BCUT2D eigenvalue weighted by atomic mass is 10.5. The first-order valence-corrected chi connectivity index (χ1v) is 5.83. The summed E-state index contributed by atoms with van der Waals surface area (Å²) in [4.78, 5) is 4.20. The van der Waals surface area contributed by atoms with E-state index in [1.807, 2.05) is 16.8 Å². The molecule has 7 heteroatoms. The summed E-state index contributed by atoms with van der Waals surface area (Å²) in [5.41, 5.74) is 5.61. The Morgan fingerprint density at radius 2 is 2.25 bits per heavy atom. The molecule has 1 aliphatic rings. The molecule has 3 rings (SSSR count). The summed E-state index contributed by atoms with van der Waals surface area (Å²) in [5, 5.41) is 13.2. The minimum absolute atomic E-state index is 0.471. The van der Waals surface area contributed by atoms with Crippen LogP contribution in [0.4, 0.5) is 5.82 Å². The topological polar surface area (TPSA) is 82.5 Å². The predicted octanol–water partition coefficient (Wildman–Crippen LogP) is 1.14. The lowest BCUT2D eigenvalue weighted by Gasteiger charge is -2.01. The molecule has 1 fully saturated rings. The van der Waals surface area contributed by atoms with Crippen LogP contribution in [-0.4, -0.2) is 25.2 Å². The van der Waals surface area contributed by atoms with Crippen molar-refractivity contribution in [2.24, 2.45) is 0 Å². The average molecular weight is 234 g/mol. The van der Waals surface area contributed by atoms with Crippen molar-refractivity contribution in [3.05, 3.63) is 18.2 Å². The Balaban J connectivity index is 1.85. The largest absolute Gasteiger partial charge is 0.384 e. The fourth-order valence-electron chi connectivity index (χ4n) is 1.38. The Morgan fingerprint density at radius 3 is 3.00 bits per heavy atom. The second kappa shape index (κ2) is 3.75. The number of pyridine rings is 1. The molecule has 2 N–H and O–H groups in total. The van der Waals surface area contributed by atoms with E-state index in [4.69, 9.17) is 5.73 Å². The first kappa shape index (κ1) is 9.59. The van der Waals surface area contributed by atoms with Gasteiger partial charge >= 0.3 is 0 Å². The highest BCUT2D eigenvalue weighted by Gasteiger charge is 2.28. The van der Waals surface area contributed by atoms with Crippen molar-refractivity contribution in [1.82, 2.24) is 25.2 Å². The van der Waals surface area contributed by atoms with Crippen molar-refractivity contribution < 1.29 is 0 Å². The van der Waals surface area contributed by atoms with Crippen LogP contribution in [0.25, 0.3) is 0 Å². The van der Waals surface area contributed by atoms with Crippen LogP contribution in [0.5, 0.6) is 0 Å². The molecule has 1 saturated carbocycles. The summed E-state index contributed by atoms with van der Waals surface area (Å²) in [6.07, 6.45) is 2.31. The van der Waals surface area contributed by atoms with E-state index >= 15 is 0 Å². The van der Waals surface area contributed by atoms with Crippen LogP contribution in [0.2, 0.25) is 0 Å². The molecule has 16 heavy (non-hydrogen) atoms. The fourth-order valence-corrected chi connectivity index (χ4v) is 2.22. The maximum Gasteiger partial charge on any atom is 0.215 e. The van der Waals surface area contributed by atoms with Crippen LogP contribution in [0.1, 0.15) is 18.9 Å². The van der Waals surface area contributed by atoms with Crippen molar-refractivity contribution in [2.75, 3.05) is 5.73 Å². The number of nitrogens with two attached hydrogens (primary N) is 1. The zero-order valence-corrected chi connectivity index (χ0v) is 9.26. The highest BCUT2D eigenvalue weighted by atomic mass is 32.2. The molecule has 82 valence electrons. The number of hydrogen-bond acceptors (Lipinski definition) is 6. The molecule has 0 aromatic carbocycles. The fraction of sp³-hybridized carbons (Fsp3) is 0.333. The lowest BCUT2D eigenvalue weighted by molar-refractivity contribution is 0.565. The number of aromatic nitrogens is 5. The molecule has 0 amide bonds. The van der Waals surface area contributed by atoms with Crippen molar-refractivity contribution in [3.8, 4) is 0 Å². The number of tetrazole rings is 1. The Kier molecular flexibility index (Phi) is 2.24. The van der Waals surface area contributed by atoms with Gasteiger partial charge in [-0.3, -0.25) is 0 Å². The zero-order valence-electron chi connectivity index (χ0n) is 8.45. The summed E-state index contributed by atoms with van der Waals surface area (Å²) < 4.78 is 1.86. The molecule has 1 aliphatic carbocycles. The molecule has 0 aliphatic heterocycles. The first-order valence-electron chi connectivity index (χ1n) is 5.01. The van der Waals surface area contributed by atoms with Gasteiger partial charge in [-0.1, -0.05) is 6.07 Å². The van der Waals surface area contributed by atoms with Gasteiger partial charge in [-0.2, -0.15) is 0 Å². The van der Waals surface area contributed by atoms with Gasteiger partial charge in [-0.25, -0.2) is 9.67 Å². The molecule has 0 unspecified atom stereocenters. The first-order chi connectivity index (χ1) is 7.83. The van der Waals surface area contributed by atoms with Crippen molar-refractivity contribution >= 4 is 17.6 Å².